The molecule has 0 saturated carbocycles. The van der Waals surface area contributed by atoms with Gasteiger partial charge in [-0.3, -0.25) is 14.5 Å². The minimum atomic E-state index is -4.60. The van der Waals surface area contributed by atoms with Crippen LogP contribution in [0.1, 0.15) is 31.9 Å². The number of nitrogens with zero attached hydrogens (tertiary/aromatic N) is 1. The first kappa shape index (κ1) is 21.2. The van der Waals surface area contributed by atoms with Gasteiger partial charge >= 0.3 is 12.1 Å². The number of hydrogen-bond acceptors (Lipinski definition) is 3. The second kappa shape index (κ2) is 8.73. The van der Waals surface area contributed by atoms with Crippen LogP contribution in [0.5, 0.6) is 0 Å². The molecule has 1 heterocycles. The van der Waals surface area contributed by atoms with Crippen molar-refractivity contribution in [3.05, 3.63) is 35.9 Å². The third-order valence-electron chi connectivity index (χ3n) is 4.74. The fourth-order valence-corrected chi connectivity index (χ4v) is 3.47. The maximum atomic E-state index is 13.1. The molecule has 0 bridgehead atoms. The van der Waals surface area contributed by atoms with Gasteiger partial charge in [-0.2, -0.15) is 13.2 Å². The Balaban J connectivity index is 2.02. The number of nitrogens with one attached hydrogen (secondary N) is 1. The first-order valence-electron chi connectivity index (χ1n) is 8.94. The SMILES string of the molecule is CC(C)CC(NC(=O)CN1C[C@@H](C(F)(F)F)[C@H](C(=O)O)C1)c1ccccc1. The highest BCUT2D eigenvalue weighted by Crippen LogP contribution is 2.37. The zero-order valence-corrected chi connectivity index (χ0v) is 15.4. The number of amides is 1. The molecule has 1 fully saturated rings. The number of carboxylic acid groups (broad SMARTS) is 1. The van der Waals surface area contributed by atoms with Crippen LogP contribution >= 0.6 is 0 Å². The lowest BCUT2D eigenvalue weighted by molar-refractivity contribution is -0.188. The number of benzene rings is 1. The van der Waals surface area contributed by atoms with Crippen molar-refractivity contribution in [2.45, 2.75) is 32.5 Å². The zero-order valence-electron chi connectivity index (χ0n) is 15.4. The average molecular weight is 386 g/mol. The molecule has 1 unspecified atom stereocenters. The van der Waals surface area contributed by atoms with Crippen LogP contribution in [-0.4, -0.2) is 47.7 Å². The molecule has 2 N–H and O–H groups in total. The van der Waals surface area contributed by atoms with E-state index in [-0.39, 0.29) is 19.1 Å². The van der Waals surface area contributed by atoms with Gasteiger partial charge in [-0.25, -0.2) is 0 Å². The number of carbonyl (C=O) groups is 2. The van der Waals surface area contributed by atoms with Gasteiger partial charge < -0.3 is 10.4 Å². The highest BCUT2D eigenvalue weighted by Gasteiger charge is 2.52. The van der Waals surface area contributed by atoms with E-state index in [9.17, 15) is 22.8 Å². The van der Waals surface area contributed by atoms with Crippen molar-refractivity contribution < 1.29 is 27.9 Å². The molecule has 2 rings (SSSR count). The van der Waals surface area contributed by atoms with E-state index in [1.54, 1.807) is 0 Å². The lowest BCUT2D eigenvalue weighted by atomic mass is 9.96. The average Bonchev–Trinajstić information content (AvgIpc) is 2.99. The van der Waals surface area contributed by atoms with E-state index in [2.05, 4.69) is 5.32 Å². The van der Waals surface area contributed by atoms with Crippen LogP contribution in [0.3, 0.4) is 0 Å². The van der Waals surface area contributed by atoms with Gasteiger partial charge in [0.2, 0.25) is 5.91 Å². The van der Waals surface area contributed by atoms with Gasteiger partial charge in [0, 0.05) is 13.1 Å². The largest absolute Gasteiger partial charge is 0.481 e. The Hall–Kier alpha value is -2.09. The molecule has 1 aromatic rings. The lowest BCUT2D eigenvalue weighted by Crippen LogP contribution is -2.39. The molecular formula is C19H25F3N2O3. The third-order valence-corrected chi connectivity index (χ3v) is 4.74. The highest BCUT2D eigenvalue weighted by atomic mass is 19.4. The van der Waals surface area contributed by atoms with E-state index in [1.165, 1.54) is 4.90 Å². The molecule has 0 spiro atoms. The number of aliphatic carboxylic acids is 1. The number of likely N-dealkylation sites (tertiary alicyclic amines) is 1. The molecule has 1 aliphatic rings. The van der Waals surface area contributed by atoms with Gasteiger partial charge in [0.15, 0.2) is 0 Å². The van der Waals surface area contributed by atoms with Crippen LogP contribution in [-0.2, 0) is 9.59 Å². The summed E-state index contributed by atoms with van der Waals surface area (Å²) in [6, 6.07) is 9.13. The molecule has 0 aromatic heterocycles. The monoisotopic (exact) mass is 386 g/mol. The molecule has 0 aliphatic carbocycles. The van der Waals surface area contributed by atoms with Crippen LogP contribution in [0.15, 0.2) is 30.3 Å². The maximum absolute atomic E-state index is 13.1. The Morgan fingerprint density at radius 2 is 1.85 bits per heavy atom. The Morgan fingerprint density at radius 1 is 1.22 bits per heavy atom. The van der Waals surface area contributed by atoms with Crippen LogP contribution in [0, 0.1) is 17.8 Å². The van der Waals surface area contributed by atoms with Crippen molar-refractivity contribution in [1.29, 1.82) is 0 Å². The summed E-state index contributed by atoms with van der Waals surface area (Å²) in [5.41, 5.74) is 0.928. The number of carboxylic acids is 1. The molecule has 150 valence electrons. The number of rotatable bonds is 7. The van der Waals surface area contributed by atoms with Gasteiger partial charge in [0.25, 0.3) is 0 Å². The number of carbonyl (C=O) groups excluding carboxylic acids is 1. The van der Waals surface area contributed by atoms with Crippen LogP contribution in [0.4, 0.5) is 13.2 Å². The first-order valence-corrected chi connectivity index (χ1v) is 8.94. The number of hydrogen-bond donors (Lipinski definition) is 2. The molecule has 1 saturated heterocycles. The Kier molecular flexibility index (Phi) is 6.86. The first-order chi connectivity index (χ1) is 12.6. The van der Waals surface area contributed by atoms with Gasteiger partial charge in [0.1, 0.15) is 0 Å². The summed E-state index contributed by atoms with van der Waals surface area (Å²) in [6.07, 6.45) is -3.91. The third kappa shape index (κ3) is 5.95. The minimum absolute atomic E-state index is 0.241. The predicted octanol–water partition coefficient (Wildman–Crippen LogP) is 3.08. The van der Waals surface area contributed by atoms with Crippen LogP contribution in [0.25, 0.3) is 0 Å². The topological polar surface area (TPSA) is 69.6 Å². The summed E-state index contributed by atoms with van der Waals surface area (Å²) >= 11 is 0. The zero-order chi connectivity index (χ0) is 20.2. The van der Waals surface area contributed by atoms with E-state index >= 15 is 0 Å². The maximum Gasteiger partial charge on any atom is 0.393 e. The lowest BCUT2D eigenvalue weighted by Gasteiger charge is -2.23. The predicted molar refractivity (Wildman–Crippen MR) is 93.9 cm³/mol. The smallest absolute Gasteiger partial charge is 0.393 e. The molecule has 1 amide bonds. The summed E-state index contributed by atoms with van der Waals surface area (Å²) in [5, 5.41) is 11.9. The van der Waals surface area contributed by atoms with E-state index in [0.29, 0.717) is 12.3 Å². The van der Waals surface area contributed by atoms with Gasteiger partial charge in [0.05, 0.1) is 24.4 Å². The molecule has 27 heavy (non-hydrogen) atoms. The fraction of sp³-hybridized carbons (Fsp3) is 0.579. The minimum Gasteiger partial charge on any atom is -0.481 e. The van der Waals surface area contributed by atoms with Crippen molar-refractivity contribution in [1.82, 2.24) is 10.2 Å². The molecule has 8 heteroatoms. The van der Waals surface area contributed by atoms with E-state index in [0.717, 1.165) is 5.56 Å². The summed E-state index contributed by atoms with van der Waals surface area (Å²) in [7, 11) is 0. The Bertz CT molecular complexity index is 649. The quantitative estimate of drug-likeness (QED) is 0.756. The standard InChI is InChI=1S/C19H25F3N2O3/c1-12(2)8-16(13-6-4-3-5-7-13)23-17(25)11-24-9-14(18(26)27)15(10-24)19(20,21)22/h3-7,12,14-16H,8-11H2,1-2H3,(H,23,25)(H,26,27)/t14-,15-,16?/m1/s1. The van der Waals surface area contributed by atoms with Crippen molar-refractivity contribution in [2.24, 2.45) is 17.8 Å². The van der Waals surface area contributed by atoms with Crippen molar-refractivity contribution >= 4 is 11.9 Å². The van der Waals surface area contributed by atoms with Gasteiger partial charge in [-0.1, -0.05) is 44.2 Å². The van der Waals surface area contributed by atoms with Gasteiger partial charge in [-0.15, -0.1) is 0 Å². The van der Waals surface area contributed by atoms with Crippen LogP contribution < -0.4 is 5.32 Å². The van der Waals surface area contributed by atoms with Crippen LogP contribution in [0.2, 0.25) is 0 Å². The Labute approximate surface area is 156 Å². The van der Waals surface area contributed by atoms with Crippen molar-refractivity contribution in [3.8, 4) is 0 Å². The molecule has 5 nitrogen and oxygen atoms in total. The summed E-state index contributed by atoms with van der Waals surface area (Å²) in [5.74, 6) is -5.08. The fourth-order valence-electron chi connectivity index (χ4n) is 3.47. The second-order valence-corrected chi connectivity index (χ2v) is 7.45. The summed E-state index contributed by atoms with van der Waals surface area (Å²) in [4.78, 5) is 24.8. The van der Waals surface area contributed by atoms with E-state index < -0.39 is 36.4 Å². The van der Waals surface area contributed by atoms with Crippen molar-refractivity contribution in [3.63, 3.8) is 0 Å². The van der Waals surface area contributed by atoms with E-state index in [1.807, 2.05) is 44.2 Å². The molecule has 3 atom stereocenters. The molecule has 1 aliphatic heterocycles. The highest BCUT2D eigenvalue weighted by molar-refractivity contribution is 5.79. The van der Waals surface area contributed by atoms with Crippen molar-refractivity contribution in [2.75, 3.05) is 19.6 Å². The van der Waals surface area contributed by atoms with E-state index in [4.69, 9.17) is 5.11 Å². The summed E-state index contributed by atoms with van der Waals surface area (Å²) < 4.78 is 39.2. The normalized spacial score (nSPS) is 22.0. The molecule has 1 aromatic carbocycles. The summed E-state index contributed by atoms with van der Waals surface area (Å²) in [6.45, 7) is 3.03. The number of halogens is 3. The molecule has 0 radical (unpaired) electrons. The molecular weight excluding hydrogens is 361 g/mol. The number of alkyl halides is 3. The Morgan fingerprint density at radius 3 is 2.33 bits per heavy atom. The second-order valence-electron chi connectivity index (χ2n) is 7.45. The van der Waals surface area contributed by atoms with Gasteiger partial charge in [-0.05, 0) is 17.9 Å².